The highest BCUT2D eigenvalue weighted by molar-refractivity contribution is 6.30. The molecular formula is C26H25ClN2O4. The van der Waals surface area contributed by atoms with Gasteiger partial charge in [0.1, 0.15) is 12.4 Å². The maximum Gasteiger partial charge on any atom is 0.411 e. The predicted molar refractivity (Wildman–Crippen MR) is 127 cm³/mol. The molecule has 0 radical (unpaired) electrons. The minimum absolute atomic E-state index is 0.0690. The molecule has 3 aromatic rings. The van der Waals surface area contributed by atoms with Crippen molar-refractivity contribution in [3.63, 3.8) is 0 Å². The molecule has 0 spiro atoms. The third-order valence-electron chi connectivity index (χ3n) is 5.39. The molecule has 0 bridgehead atoms. The van der Waals surface area contributed by atoms with Gasteiger partial charge in [-0.05, 0) is 47.9 Å². The molecule has 170 valence electrons. The number of amides is 2. The summed E-state index contributed by atoms with van der Waals surface area (Å²) in [5, 5.41) is 3.40. The Morgan fingerprint density at radius 1 is 1.09 bits per heavy atom. The van der Waals surface area contributed by atoms with Crippen LogP contribution in [0.1, 0.15) is 30.0 Å². The fourth-order valence-corrected chi connectivity index (χ4v) is 3.79. The first-order valence-corrected chi connectivity index (χ1v) is 11.2. The van der Waals surface area contributed by atoms with Crippen LogP contribution in [0.2, 0.25) is 5.02 Å². The van der Waals surface area contributed by atoms with Crippen LogP contribution in [-0.4, -0.2) is 23.0 Å². The summed E-state index contributed by atoms with van der Waals surface area (Å²) in [6.45, 7) is 2.91. The molecule has 4 rings (SSSR count). The summed E-state index contributed by atoms with van der Waals surface area (Å²) in [4.78, 5) is 27.1. The van der Waals surface area contributed by atoms with Crippen molar-refractivity contribution in [1.29, 1.82) is 0 Å². The Hall–Kier alpha value is -3.51. The monoisotopic (exact) mass is 464 g/mol. The summed E-state index contributed by atoms with van der Waals surface area (Å²) < 4.78 is 11.3. The van der Waals surface area contributed by atoms with Gasteiger partial charge in [0.2, 0.25) is 0 Å². The number of nitrogens with one attached hydrogen (secondary N) is 1. The first kappa shape index (κ1) is 22.7. The fraction of sp³-hybridized carbons (Fsp3) is 0.231. The minimum Gasteiger partial charge on any atom is -0.480 e. The molecule has 1 heterocycles. The summed E-state index contributed by atoms with van der Waals surface area (Å²) >= 11 is 5.99. The Morgan fingerprint density at radius 3 is 2.58 bits per heavy atom. The van der Waals surface area contributed by atoms with Crippen LogP contribution in [0, 0.1) is 0 Å². The number of carbonyl (C=O) groups excluding carboxylic acids is 2. The van der Waals surface area contributed by atoms with Crippen LogP contribution in [0.5, 0.6) is 5.75 Å². The molecule has 6 nitrogen and oxygen atoms in total. The maximum atomic E-state index is 13.1. The zero-order chi connectivity index (χ0) is 23.2. The molecule has 1 unspecified atom stereocenters. The molecule has 33 heavy (non-hydrogen) atoms. The number of rotatable bonds is 6. The second-order valence-corrected chi connectivity index (χ2v) is 8.28. The van der Waals surface area contributed by atoms with Crippen LogP contribution in [0.4, 0.5) is 10.5 Å². The molecule has 1 N–H and O–H groups in total. The lowest BCUT2D eigenvalue weighted by Crippen LogP contribution is -2.38. The van der Waals surface area contributed by atoms with Gasteiger partial charge in [-0.3, -0.25) is 10.1 Å². The first-order valence-electron chi connectivity index (χ1n) is 10.8. The standard InChI is InChI=1S/C26H25ClN2O4/c1-2-23-25(30)29(15-18-8-10-21(27)11-9-18)16-20-14-22(12-13-24(20)33-23)28-26(31)32-17-19-6-4-3-5-7-19/h3-14,23H,2,15-17H2,1H3,(H,28,31). The normalized spacial score (nSPS) is 15.3. The third kappa shape index (κ3) is 5.84. The average molecular weight is 465 g/mol. The van der Waals surface area contributed by atoms with Gasteiger partial charge in [-0.15, -0.1) is 0 Å². The summed E-state index contributed by atoms with van der Waals surface area (Å²) in [6.07, 6.45) is -0.552. The maximum absolute atomic E-state index is 13.1. The van der Waals surface area contributed by atoms with E-state index in [1.54, 1.807) is 17.0 Å². The van der Waals surface area contributed by atoms with Crippen LogP contribution >= 0.6 is 11.6 Å². The van der Waals surface area contributed by atoms with Crippen LogP contribution in [0.15, 0.2) is 72.8 Å². The molecule has 0 saturated heterocycles. The van der Waals surface area contributed by atoms with Gasteiger partial charge in [-0.1, -0.05) is 61.0 Å². The van der Waals surface area contributed by atoms with E-state index < -0.39 is 12.2 Å². The van der Waals surface area contributed by atoms with Crippen molar-refractivity contribution >= 4 is 29.3 Å². The van der Waals surface area contributed by atoms with Crippen LogP contribution in [0.25, 0.3) is 0 Å². The number of nitrogens with zero attached hydrogens (tertiary/aromatic N) is 1. The highest BCUT2D eigenvalue weighted by Gasteiger charge is 2.30. The molecule has 0 aliphatic carbocycles. The molecule has 0 aromatic heterocycles. The Kier molecular flexibility index (Phi) is 7.15. The third-order valence-corrected chi connectivity index (χ3v) is 5.65. The largest absolute Gasteiger partial charge is 0.480 e. The SMILES string of the molecule is CCC1Oc2ccc(NC(=O)OCc3ccccc3)cc2CN(Cc2ccc(Cl)cc2)C1=O. The Labute approximate surface area is 198 Å². The van der Waals surface area contributed by atoms with Gasteiger partial charge in [0.05, 0.1) is 0 Å². The van der Waals surface area contributed by atoms with E-state index in [4.69, 9.17) is 21.1 Å². The smallest absolute Gasteiger partial charge is 0.411 e. The molecule has 1 aliphatic rings. The lowest BCUT2D eigenvalue weighted by atomic mass is 10.1. The average Bonchev–Trinajstić information content (AvgIpc) is 2.96. The van der Waals surface area contributed by atoms with E-state index in [0.29, 0.717) is 36.0 Å². The van der Waals surface area contributed by atoms with E-state index in [-0.39, 0.29) is 12.5 Å². The first-order chi connectivity index (χ1) is 16.0. The van der Waals surface area contributed by atoms with Gasteiger partial charge in [0.25, 0.3) is 5.91 Å². The number of halogens is 1. The zero-order valence-electron chi connectivity index (χ0n) is 18.3. The number of hydrogen-bond acceptors (Lipinski definition) is 4. The second-order valence-electron chi connectivity index (χ2n) is 7.84. The van der Waals surface area contributed by atoms with E-state index in [1.165, 1.54) is 0 Å². The molecule has 0 saturated carbocycles. The van der Waals surface area contributed by atoms with Gasteiger partial charge in [0.15, 0.2) is 6.10 Å². The Bertz CT molecular complexity index is 1120. The van der Waals surface area contributed by atoms with E-state index in [0.717, 1.165) is 16.7 Å². The minimum atomic E-state index is -0.562. The Morgan fingerprint density at radius 2 is 1.85 bits per heavy atom. The van der Waals surface area contributed by atoms with Gasteiger partial charge in [0, 0.05) is 29.4 Å². The number of anilines is 1. The lowest BCUT2D eigenvalue weighted by Gasteiger charge is -2.23. The fourth-order valence-electron chi connectivity index (χ4n) is 3.67. The van der Waals surface area contributed by atoms with Gasteiger partial charge < -0.3 is 14.4 Å². The van der Waals surface area contributed by atoms with Crippen molar-refractivity contribution in [2.75, 3.05) is 5.32 Å². The van der Waals surface area contributed by atoms with Crippen molar-refractivity contribution in [3.8, 4) is 5.75 Å². The van der Waals surface area contributed by atoms with Crippen LogP contribution < -0.4 is 10.1 Å². The number of hydrogen-bond donors (Lipinski definition) is 1. The molecule has 0 fully saturated rings. The van der Waals surface area contributed by atoms with Gasteiger partial charge >= 0.3 is 6.09 Å². The highest BCUT2D eigenvalue weighted by atomic mass is 35.5. The second kappa shape index (κ2) is 10.4. The van der Waals surface area contributed by atoms with Crippen molar-refractivity contribution in [1.82, 2.24) is 4.90 Å². The highest BCUT2D eigenvalue weighted by Crippen LogP contribution is 2.30. The zero-order valence-corrected chi connectivity index (χ0v) is 19.0. The molecule has 1 aliphatic heterocycles. The van der Waals surface area contributed by atoms with Crippen molar-refractivity contribution in [2.24, 2.45) is 0 Å². The van der Waals surface area contributed by atoms with Crippen molar-refractivity contribution < 1.29 is 19.1 Å². The quantitative estimate of drug-likeness (QED) is 0.501. The van der Waals surface area contributed by atoms with Gasteiger partial charge in [-0.25, -0.2) is 4.79 Å². The molecular weight excluding hydrogens is 440 g/mol. The summed E-state index contributed by atoms with van der Waals surface area (Å²) in [7, 11) is 0. The van der Waals surface area contributed by atoms with E-state index in [9.17, 15) is 9.59 Å². The van der Waals surface area contributed by atoms with Gasteiger partial charge in [-0.2, -0.15) is 0 Å². The molecule has 2 amide bonds. The number of fused-ring (bicyclic) bond motifs is 1. The number of carbonyl (C=O) groups is 2. The Balaban J connectivity index is 1.48. The topological polar surface area (TPSA) is 67.9 Å². The lowest BCUT2D eigenvalue weighted by molar-refractivity contribution is -0.139. The molecule has 3 aromatic carbocycles. The van der Waals surface area contributed by atoms with E-state index in [1.807, 2.05) is 67.6 Å². The van der Waals surface area contributed by atoms with E-state index in [2.05, 4.69) is 5.32 Å². The van der Waals surface area contributed by atoms with Crippen LogP contribution in [-0.2, 0) is 29.2 Å². The van der Waals surface area contributed by atoms with Crippen molar-refractivity contribution in [2.45, 2.75) is 39.1 Å². The van der Waals surface area contributed by atoms with Crippen molar-refractivity contribution in [3.05, 3.63) is 94.5 Å². The van der Waals surface area contributed by atoms with Crippen LogP contribution in [0.3, 0.4) is 0 Å². The van der Waals surface area contributed by atoms with E-state index >= 15 is 0 Å². The number of ether oxygens (including phenoxy) is 2. The number of benzene rings is 3. The summed E-state index contributed by atoms with van der Waals surface area (Å²) in [5.41, 5.74) is 3.27. The predicted octanol–water partition coefficient (Wildman–Crippen LogP) is 5.79. The molecule has 7 heteroatoms. The molecule has 1 atom stereocenters. The summed E-state index contributed by atoms with van der Waals surface area (Å²) in [5.74, 6) is 0.567. The summed E-state index contributed by atoms with van der Waals surface area (Å²) in [6, 6.07) is 22.3.